The summed E-state index contributed by atoms with van der Waals surface area (Å²) in [5.41, 5.74) is 1.04. The van der Waals surface area contributed by atoms with Crippen LogP contribution in [0.25, 0.3) is 0 Å². The summed E-state index contributed by atoms with van der Waals surface area (Å²) in [5.74, 6) is -0.904. The predicted octanol–water partition coefficient (Wildman–Crippen LogP) is 1.86. The van der Waals surface area contributed by atoms with E-state index in [0.717, 1.165) is 5.69 Å². The van der Waals surface area contributed by atoms with Crippen molar-refractivity contribution < 1.29 is 14.6 Å². The van der Waals surface area contributed by atoms with Crippen LogP contribution < -0.4 is 4.90 Å². The highest BCUT2D eigenvalue weighted by molar-refractivity contribution is 5.94. The van der Waals surface area contributed by atoms with Gasteiger partial charge in [0.2, 0.25) is 0 Å². The van der Waals surface area contributed by atoms with Gasteiger partial charge in [-0.05, 0) is 19.1 Å². The van der Waals surface area contributed by atoms with Crippen LogP contribution in [0.5, 0.6) is 0 Å². The molecular weight excluding hydrogens is 206 g/mol. The summed E-state index contributed by atoms with van der Waals surface area (Å²) in [5, 5.41) is 9.03. The monoisotopic (exact) mass is 223 g/mol. The third kappa shape index (κ3) is 3.24. The zero-order valence-electron chi connectivity index (χ0n) is 9.64. The molecule has 0 aliphatic carbocycles. The van der Waals surface area contributed by atoms with Crippen molar-refractivity contribution in [2.75, 3.05) is 31.7 Å². The average Bonchev–Trinajstić information content (AvgIpc) is 2.29. The Labute approximate surface area is 95.5 Å². The molecule has 0 radical (unpaired) electrons. The van der Waals surface area contributed by atoms with Gasteiger partial charge in [-0.2, -0.15) is 0 Å². The van der Waals surface area contributed by atoms with Crippen LogP contribution >= 0.6 is 0 Å². The highest BCUT2D eigenvalue weighted by Gasteiger charge is 2.11. The molecule has 0 amide bonds. The fraction of sp³-hybridized carbons (Fsp3) is 0.417. The van der Waals surface area contributed by atoms with Crippen LogP contribution in [-0.4, -0.2) is 37.9 Å². The van der Waals surface area contributed by atoms with Gasteiger partial charge in [-0.1, -0.05) is 12.1 Å². The van der Waals surface area contributed by atoms with Crippen molar-refractivity contribution in [2.45, 2.75) is 6.92 Å². The molecule has 0 aliphatic rings. The SMILES string of the molecule is CCOCCN(C)c1ccccc1C(=O)O. The Kier molecular flexibility index (Phi) is 4.79. The normalized spacial score (nSPS) is 10.1. The number of carboxylic acids is 1. The van der Waals surface area contributed by atoms with Gasteiger partial charge in [0.1, 0.15) is 0 Å². The quantitative estimate of drug-likeness (QED) is 0.748. The Balaban J connectivity index is 2.74. The van der Waals surface area contributed by atoms with E-state index in [2.05, 4.69) is 0 Å². The van der Waals surface area contributed by atoms with Crippen molar-refractivity contribution in [1.29, 1.82) is 0 Å². The molecule has 0 spiro atoms. The average molecular weight is 223 g/mol. The maximum absolute atomic E-state index is 11.0. The second-order valence-corrected chi connectivity index (χ2v) is 3.44. The molecule has 1 rings (SSSR count). The molecule has 0 saturated heterocycles. The lowest BCUT2D eigenvalue weighted by molar-refractivity contribution is 0.0697. The van der Waals surface area contributed by atoms with Crippen LogP contribution in [-0.2, 0) is 4.74 Å². The van der Waals surface area contributed by atoms with Gasteiger partial charge >= 0.3 is 5.97 Å². The van der Waals surface area contributed by atoms with Gasteiger partial charge in [0.15, 0.2) is 0 Å². The molecule has 1 N–H and O–H groups in total. The first-order valence-corrected chi connectivity index (χ1v) is 5.28. The summed E-state index contributed by atoms with van der Waals surface area (Å²) < 4.78 is 5.24. The number of anilines is 1. The minimum atomic E-state index is -0.904. The van der Waals surface area contributed by atoms with Gasteiger partial charge in [-0.25, -0.2) is 4.79 Å². The van der Waals surface area contributed by atoms with E-state index in [9.17, 15) is 4.79 Å². The fourth-order valence-corrected chi connectivity index (χ4v) is 1.45. The molecular formula is C12H17NO3. The lowest BCUT2D eigenvalue weighted by Gasteiger charge is -2.20. The zero-order chi connectivity index (χ0) is 12.0. The first kappa shape index (κ1) is 12.5. The van der Waals surface area contributed by atoms with E-state index in [1.54, 1.807) is 18.2 Å². The Hall–Kier alpha value is -1.55. The molecule has 1 aromatic rings. The van der Waals surface area contributed by atoms with Crippen molar-refractivity contribution >= 4 is 11.7 Å². The summed E-state index contributed by atoms with van der Waals surface area (Å²) in [4.78, 5) is 12.9. The number of para-hydroxylation sites is 1. The third-order valence-electron chi connectivity index (χ3n) is 2.32. The van der Waals surface area contributed by atoms with Gasteiger partial charge in [-0.15, -0.1) is 0 Å². The van der Waals surface area contributed by atoms with Crippen LogP contribution in [0, 0.1) is 0 Å². The Bertz CT molecular complexity index is 352. The van der Waals surface area contributed by atoms with Crippen LogP contribution in [0.15, 0.2) is 24.3 Å². The molecule has 0 unspecified atom stereocenters. The number of ether oxygens (including phenoxy) is 1. The van der Waals surface area contributed by atoms with E-state index in [1.807, 2.05) is 24.9 Å². The fourth-order valence-electron chi connectivity index (χ4n) is 1.45. The van der Waals surface area contributed by atoms with E-state index < -0.39 is 5.97 Å². The largest absolute Gasteiger partial charge is 0.478 e. The second-order valence-electron chi connectivity index (χ2n) is 3.44. The number of aromatic carboxylic acids is 1. The van der Waals surface area contributed by atoms with Crippen LogP contribution in [0.3, 0.4) is 0 Å². The molecule has 0 bridgehead atoms. The number of carbonyl (C=O) groups is 1. The number of hydrogen-bond acceptors (Lipinski definition) is 3. The van der Waals surface area contributed by atoms with Gasteiger partial charge in [0.05, 0.1) is 17.9 Å². The molecule has 0 saturated carbocycles. The van der Waals surface area contributed by atoms with Gasteiger partial charge < -0.3 is 14.7 Å². The maximum Gasteiger partial charge on any atom is 0.337 e. The summed E-state index contributed by atoms with van der Waals surface area (Å²) >= 11 is 0. The first-order chi connectivity index (χ1) is 7.66. The van der Waals surface area contributed by atoms with E-state index in [1.165, 1.54) is 0 Å². The van der Waals surface area contributed by atoms with Crippen molar-refractivity contribution in [3.8, 4) is 0 Å². The van der Waals surface area contributed by atoms with E-state index in [0.29, 0.717) is 25.3 Å². The lowest BCUT2D eigenvalue weighted by Crippen LogP contribution is -2.24. The van der Waals surface area contributed by atoms with E-state index in [-0.39, 0.29) is 0 Å². The number of rotatable bonds is 6. The second kappa shape index (κ2) is 6.12. The minimum absolute atomic E-state index is 0.321. The van der Waals surface area contributed by atoms with E-state index >= 15 is 0 Å². The van der Waals surface area contributed by atoms with Crippen LogP contribution in [0.1, 0.15) is 17.3 Å². The summed E-state index contributed by atoms with van der Waals surface area (Å²) in [6.07, 6.45) is 0. The van der Waals surface area contributed by atoms with Gasteiger partial charge in [0.25, 0.3) is 0 Å². The molecule has 0 atom stereocenters. The van der Waals surface area contributed by atoms with E-state index in [4.69, 9.17) is 9.84 Å². The summed E-state index contributed by atoms with van der Waals surface area (Å²) in [6, 6.07) is 6.96. The van der Waals surface area contributed by atoms with Crippen molar-refractivity contribution in [3.05, 3.63) is 29.8 Å². The first-order valence-electron chi connectivity index (χ1n) is 5.28. The Morgan fingerprint density at radius 1 is 1.44 bits per heavy atom. The molecule has 0 aliphatic heterocycles. The smallest absolute Gasteiger partial charge is 0.337 e. The van der Waals surface area contributed by atoms with Crippen LogP contribution in [0.2, 0.25) is 0 Å². The van der Waals surface area contributed by atoms with Gasteiger partial charge in [-0.3, -0.25) is 0 Å². The topological polar surface area (TPSA) is 49.8 Å². The number of carboxylic acid groups (broad SMARTS) is 1. The lowest BCUT2D eigenvalue weighted by atomic mass is 10.1. The van der Waals surface area contributed by atoms with Gasteiger partial charge in [0, 0.05) is 20.2 Å². The van der Waals surface area contributed by atoms with Crippen molar-refractivity contribution in [2.24, 2.45) is 0 Å². The number of benzene rings is 1. The van der Waals surface area contributed by atoms with Crippen molar-refractivity contribution in [1.82, 2.24) is 0 Å². The summed E-state index contributed by atoms with van der Waals surface area (Å²) in [6.45, 7) is 3.89. The molecule has 1 aromatic carbocycles. The van der Waals surface area contributed by atoms with Crippen molar-refractivity contribution in [3.63, 3.8) is 0 Å². The molecule has 16 heavy (non-hydrogen) atoms. The standard InChI is InChI=1S/C12H17NO3/c1-3-16-9-8-13(2)11-7-5-4-6-10(11)12(14)15/h4-7H,3,8-9H2,1-2H3,(H,14,15). The molecule has 0 aromatic heterocycles. The number of nitrogens with zero attached hydrogens (tertiary/aromatic N) is 1. The number of likely N-dealkylation sites (N-methyl/N-ethyl adjacent to an activating group) is 1. The minimum Gasteiger partial charge on any atom is -0.478 e. The molecule has 0 fully saturated rings. The molecule has 4 nitrogen and oxygen atoms in total. The highest BCUT2D eigenvalue weighted by Crippen LogP contribution is 2.18. The highest BCUT2D eigenvalue weighted by atomic mass is 16.5. The molecule has 0 heterocycles. The summed E-state index contributed by atoms with van der Waals surface area (Å²) in [7, 11) is 1.86. The maximum atomic E-state index is 11.0. The zero-order valence-corrected chi connectivity index (χ0v) is 9.64. The number of hydrogen-bond donors (Lipinski definition) is 1. The molecule has 88 valence electrons. The Morgan fingerprint density at radius 2 is 2.12 bits per heavy atom. The Morgan fingerprint density at radius 3 is 2.75 bits per heavy atom. The molecule has 4 heteroatoms. The predicted molar refractivity (Wildman–Crippen MR) is 63.2 cm³/mol. The van der Waals surface area contributed by atoms with Crippen LogP contribution in [0.4, 0.5) is 5.69 Å². The third-order valence-corrected chi connectivity index (χ3v) is 2.32.